The lowest BCUT2D eigenvalue weighted by Gasteiger charge is -2.08. The average molecular weight is 450 g/mol. The number of rotatable bonds is 7. The fraction of sp³-hybridized carbons (Fsp3) is 0.208. The Morgan fingerprint density at radius 3 is 2.55 bits per heavy atom. The molecule has 0 aliphatic carbocycles. The Morgan fingerprint density at radius 1 is 1.16 bits per heavy atom. The van der Waals surface area contributed by atoms with Crippen molar-refractivity contribution in [3.05, 3.63) is 71.3 Å². The summed E-state index contributed by atoms with van der Waals surface area (Å²) in [5.41, 5.74) is 3.53. The number of hydrogen-bond acceptors (Lipinski definition) is 5. The zero-order chi connectivity index (χ0) is 21.8. The summed E-state index contributed by atoms with van der Waals surface area (Å²) in [6, 6.07) is 17.8. The first-order valence-electron chi connectivity index (χ1n) is 10.1. The van der Waals surface area contributed by atoms with Crippen LogP contribution in [-0.4, -0.2) is 26.6 Å². The summed E-state index contributed by atoms with van der Waals surface area (Å²) in [5.74, 6) is 1.26. The molecule has 1 saturated heterocycles. The van der Waals surface area contributed by atoms with Gasteiger partial charge in [0, 0.05) is 17.3 Å². The summed E-state index contributed by atoms with van der Waals surface area (Å²) in [7, 11) is 0. The molecular weight excluding hydrogens is 426 g/mol. The molecule has 1 aromatic heterocycles. The predicted octanol–water partition coefficient (Wildman–Crippen LogP) is 5.45. The fourth-order valence-electron chi connectivity index (χ4n) is 3.11. The summed E-state index contributed by atoms with van der Waals surface area (Å²) < 4.78 is 8.13. The van der Waals surface area contributed by atoms with Gasteiger partial charge in [-0.05, 0) is 54.8 Å². The average Bonchev–Trinajstić information content (AvgIpc) is 3.32. The molecule has 1 aliphatic rings. The highest BCUT2D eigenvalue weighted by atomic mass is 32.2. The molecule has 1 aliphatic heterocycles. The molecule has 31 heavy (non-hydrogen) atoms. The third-order valence-corrected chi connectivity index (χ3v) is 5.95. The quantitative estimate of drug-likeness (QED) is 0.384. The van der Waals surface area contributed by atoms with Crippen molar-refractivity contribution in [3.8, 4) is 22.7 Å². The van der Waals surface area contributed by atoms with E-state index < -0.39 is 0 Å². The van der Waals surface area contributed by atoms with Gasteiger partial charge >= 0.3 is 0 Å². The van der Waals surface area contributed by atoms with Crippen molar-refractivity contribution >= 4 is 40.3 Å². The van der Waals surface area contributed by atoms with Gasteiger partial charge in [-0.15, -0.1) is 0 Å². The van der Waals surface area contributed by atoms with Gasteiger partial charge in [0.1, 0.15) is 10.1 Å². The monoisotopic (exact) mass is 449 g/mol. The van der Waals surface area contributed by atoms with Gasteiger partial charge in [0.15, 0.2) is 0 Å². The van der Waals surface area contributed by atoms with E-state index in [-0.39, 0.29) is 5.91 Å². The molecule has 0 radical (unpaired) electrons. The van der Waals surface area contributed by atoms with Crippen LogP contribution in [0, 0.1) is 5.92 Å². The predicted molar refractivity (Wildman–Crippen MR) is 130 cm³/mol. The van der Waals surface area contributed by atoms with E-state index in [0.29, 0.717) is 21.8 Å². The first-order chi connectivity index (χ1) is 15.0. The van der Waals surface area contributed by atoms with Crippen LogP contribution in [0.3, 0.4) is 0 Å². The van der Waals surface area contributed by atoms with Crippen molar-refractivity contribution < 1.29 is 9.53 Å². The number of thiocarbonyl (C=S) groups is 1. The number of nitrogens with one attached hydrogen (secondary N) is 1. The molecular formula is C24H23N3O2S2. The van der Waals surface area contributed by atoms with Crippen LogP contribution in [0.5, 0.6) is 5.75 Å². The zero-order valence-corrected chi connectivity index (χ0v) is 19.0. The molecule has 1 amide bonds. The van der Waals surface area contributed by atoms with Gasteiger partial charge in [0.25, 0.3) is 5.91 Å². The van der Waals surface area contributed by atoms with Gasteiger partial charge in [0.05, 0.1) is 22.9 Å². The summed E-state index contributed by atoms with van der Waals surface area (Å²) in [4.78, 5) is 12.7. The lowest BCUT2D eigenvalue weighted by molar-refractivity contribution is -0.115. The molecule has 4 rings (SSSR count). The third-order valence-electron chi connectivity index (χ3n) is 4.78. The lowest BCUT2D eigenvalue weighted by atomic mass is 10.1. The number of amides is 1. The van der Waals surface area contributed by atoms with E-state index in [2.05, 4.69) is 19.2 Å². The van der Waals surface area contributed by atoms with Gasteiger partial charge < -0.3 is 10.1 Å². The standard InChI is InChI=1S/C24H23N3O2S2/c1-16(2)12-13-29-20-10-8-17(9-11-20)22-18(14-21-23(28)25-24(30)31-21)15-27(26-22)19-6-4-3-5-7-19/h3-11,14-16H,12-13H2,1-2H3,(H,25,28,30)/b21-14+. The molecule has 158 valence electrons. The van der Waals surface area contributed by atoms with Gasteiger partial charge in [0.2, 0.25) is 0 Å². The Hall–Kier alpha value is -2.90. The maximum absolute atomic E-state index is 12.2. The molecule has 0 saturated carbocycles. The van der Waals surface area contributed by atoms with E-state index in [0.717, 1.165) is 34.7 Å². The minimum absolute atomic E-state index is 0.178. The first-order valence-corrected chi connectivity index (χ1v) is 11.4. The van der Waals surface area contributed by atoms with Crippen molar-refractivity contribution in [2.75, 3.05) is 6.61 Å². The summed E-state index contributed by atoms with van der Waals surface area (Å²) in [6.07, 6.45) is 4.79. The fourth-order valence-corrected chi connectivity index (χ4v) is 4.15. The van der Waals surface area contributed by atoms with E-state index in [9.17, 15) is 4.79 Å². The number of thioether (sulfide) groups is 1. The normalized spacial score (nSPS) is 15.0. The van der Waals surface area contributed by atoms with Gasteiger partial charge in [-0.25, -0.2) is 4.68 Å². The number of carbonyl (C=O) groups excluding carboxylic acids is 1. The Kier molecular flexibility index (Phi) is 6.53. The summed E-state index contributed by atoms with van der Waals surface area (Å²) in [6.45, 7) is 5.06. The maximum Gasteiger partial charge on any atom is 0.263 e. The Balaban J connectivity index is 1.67. The Morgan fingerprint density at radius 2 is 1.90 bits per heavy atom. The van der Waals surface area contributed by atoms with Crippen LogP contribution in [-0.2, 0) is 4.79 Å². The second-order valence-electron chi connectivity index (χ2n) is 7.62. The number of para-hydroxylation sites is 1. The van der Waals surface area contributed by atoms with E-state index in [1.54, 1.807) is 0 Å². The third kappa shape index (κ3) is 5.24. The minimum Gasteiger partial charge on any atom is -0.494 e. The van der Waals surface area contributed by atoms with Crippen LogP contribution < -0.4 is 10.1 Å². The molecule has 0 atom stereocenters. The number of carbonyl (C=O) groups is 1. The van der Waals surface area contributed by atoms with Crippen LogP contribution >= 0.6 is 24.0 Å². The Bertz CT molecular complexity index is 1120. The zero-order valence-electron chi connectivity index (χ0n) is 17.4. The molecule has 0 spiro atoms. The van der Waals surface area contributed by atoms with E-state index >= 15 is 0 Å². The van der Waals surface area contributed by atoms with Gasteiger partial charge in [-0.1, -0.05) is 56.0 Å². The maximum atomic E-state index is 12.2. The highest BCUT2D eigenvalue weighted by Crippen LogP contribution is 2.31. The largest absolute Gasteiger partial charge is 0.494 e. The molecule has 1 N–H and O–H groups in total. The first kappa shape index (κ1) is 21.3. The molecule has 0 unspecified atom stereocenters. The van der Waals surface area contributed by atoms with Crippen molar-refractivity contribution in [3.63, 3.8) is 0 Å². The van der Waals surface area contributed by atoms with Crippen LogP contribution in [0.4, 0.5) is 0 Å². The molecule has 0 bridgehead atoms. The van der Waals surface area contributed by atoms with Crippen molar-refractivity contribution in [2.45, 2.75) is 20.3 Å². The lowest BCUT2D eigenvalue weighted by Crippen LogP contribution is -2.17. The molecule has 1 fully saturated rings. The van der Waals surface area contributed by atoms with E-state index in [1.165, 1.54) is 11.8 Å². The molecule has 2 aromatic carbocycles. The molecule has 5 nitrogen and oxygen atoms in total. The van der Waals surface area contributed by atoms with Crippen molar-refractivity contribution in [1.29, 1.82) is 0 Å². The van der Waals surface area contributed by atoms with Crippen molar-refractivity contribution in [1.82, 2.24) is 15.1 Å². The highest BCUT2D eigenvalue weighted by Gasteiger charge is 2.23. The topological polar surface area (TPSA) is 56.1 Å². The second kappa shape index (κ2) is 9.49. The van der Waals surface area contributed by atoms with Gasteiger partial charge in [-0.3, -0.25) is 4.79 Å². The second-order valence-corrected chi connectivity index (χ2v) is 9.34. The number of nitrogens with zero attached hydrogens (tertiary/aromatic N) is 2. The number of aromatic nitrogens is 2. The van der Waals surface area contributed by atoms with Crippen molar-refractivity contribution in [2.24, 2.45) is 5.92 Å². The minimum atomic E-state index is -0.178. The van der Waals surface area contributed by atoms with E-state index in [1.807, 2.05) is 71.6 Å². The molecule has 2 heterocycles. The van der Waals surface area contributed by atoms with Crippen LogP contribution in [0.2, 0.25) is 0 Å². The number of hydrogen-bond donors (Lipinski definition) is 1. The Labute approximate surface area is 191 Å². The summed E-state index contributed by atoms with van der Waals surface area (Å²) in [5, 5.41) is 7.47. The molecule has 3 aromatic rings. The smallest absolute Gasteiger partial charge is 0.263 e. The molecule has 7 heteroatoms. The van der Waals surface area contributed by atoms with E-state index in [4.69, 9.17) is 22.1 Å². The number of benzene rings is 2. The summed E-state index contributed by atoms with van der Waals surface area (Å²) >= 11 is 6.38. The number of ether oxygens (including phenoxy) is 1. The van der Waals surface area contributed by atoms with Gasteiger partial charge in [-0.2, -0.15) is 5.10 Å². The van der Waals surface area contributed by atoms with Crippen LogP contribution in [0.25, 0.3) is 23.0 Å². The highest BCUT2D eigenvalue weighted by molar-refractivity contribution is 8.26. The van der Waals surface area contributed by atoms with Crippen LogP contribution in [0.15, 0.2) is 65.7 Å². The SMILES string of the molecule is CC(C)CCOc1ccc(-c2nn(-c3ccccc3)cc2/C=C2/SC(=S)NC2=O)cc1. The van der Waals surface area contributed by atoms with Crippen LogP contribution in [0.1, 0.15) is 25.8 Å².